The lowest BCUT2D eigenvalue weighted by Gasteiger charge is -2.23. The quantitative estimate of drug-likeness (QED) is 0.319. The van der Waals surface area contributed by atoms with E-state index in [1.54, 1.807) is 44.4 Å². The standard InChI is InChI=1S/C29H29BrN4O6S/c1-33(2)25(35)17-34(41(3,39)40)22-11-9-21(10-12-22)31-28(19-6-4-5-18(15-19)7-14-26(36)37)27-23-13-8-20(30)16-24(23)32-29(27)38/h4-6,8-13,15-16,27H,7,14,17H2,1-3H3,(H,32,38)(H,36,37). The number of sulfonamides is 1. The summed E-state index contributed by atoms with van der Waals surface area (Å²) in [5, 5.41) is 12.0. The molecule has 12 heteroatoms. The zero-order chi connectivity index (χ0) is 29.9. The van der Waals surface area contributed by atoms with E-state index in [0.29, 0.717) is 34.8 Å². The second-order valence-electron chi connectivity index (χ2n) is 9.82. The van der Waals surface area contributed by atoms with E-state index in [0.717, 1.165) is 26.2 Å². The zero-order valence-electron chi connectivity index (χ0n) is 22.7. The van der Waals surface area contributed by atoms with Crippen LogP contribution in [-0.2, 0) is 30.8 Å². The highest BCUT2D eigenvalue weighted by Gasteiger charge is 2.35. The molecule has 0 radical (unpaired) electrons. The van der Waals surface area contributed by atoms with Gasteiger partial charge in [0, 0.05) is 30.7 Å². The smallest absolute Gasteiger partial charge is 0.303 e. The number of aliphatic carboxylic acids is 1. The number of carboxylic acid groups (broad SMARTS) is 1. The lowest BCUT2D eigenvalue weighted by atomic mass is 9.89. The Morgan fingerprint density at radius 1 is 1.05 bits per heavy atom. The molecule has 0 spiro atoms. The van der Waals surface area contributed by atoms with Crippen molar-refractivity contribution >= 4 is 66.5 Å². The molecule has 10 nitrogen and oxygen atoms in total. The van der Waals surface area contributed by atoms with Crippen LogP contribution in [0.5, 0.6) is 0 Å². The van der Waals surface area contributed by atoms with Gasteiger partial charge in [0.05, 0.1) is 23.3 Å². The second-order valence-corrected chi connectivity index (χ2v) is 12.6. The van der Waals surface area contributed by atoms with Gasteiger partial charge in [-0.25, -0.2) is 8.42 Å². The number of rotatable bonds is 10. The van der Waals surface area contributed by atoms with Crippen LogP contribution in [0, 0.1) is 0 Å². The number of nitrogens with zero attached hydrogens (tertiary/aromatic N) is 3. The Bertz CT molecular complexity index is 1640. The summed E-state index contributed by atoms with van der Waals surface area (Å²) >= 11 is 3.43. The van der Waals surface area contributed by atoms with Crippen LogP contribution in [0.4, 0.5) is 17.1 Å². The Morgan fingerprint density at radius 2 is 1.76 bits per heavy atom. The molecule has 3 aromatic rings. The fourth-order valence-electron chi connectivity index (χ4n) is 4.44. The van der Waals surface area contributed by atoms with E-state index in [1.807, 2.05) is 36.4 Å². The van der Waals surface area contributed by atoms with E-state index in [-0.39, 0.29) is 24.8 Å². The van der Waals surface area contributed by atoms with E-state index in [9.17, 15) is 22.8 Å². The van der Waals surface area contributed by atoms with Crippen molar-refractivity contribution in [3.8, 4) is 0 Å². The number of carbonyl (C=O) groups is 3. The van der Waals surface area contributed by atoms with Gasteiger partial charge in [-0.3, -0.25) is 23.7 Å². The van der Waals surface area contributed by atoms with Crippen molar-refractivity contribution in [1.29, 1.82) is 0 Å². The molecule has 41 heavy (non-hydrogen) atoms. The molecule has 0 saturated carbocycles. The predicted octanol–water partition coefficient (Wildman–Crippen LogP) is 4.18. The van der Waals surface area contributed by atoms with Crippen LogP contribution in [0.2, 0.25) is 0 Å². The van der Waals surface area contributed by atoms with Crippen molar-refractivity contribution in [2.45, 2.75) is 18.8 Å². The fourth-order valence-corrected chi connectivity index (χ4v) is 5.65. The Labute approximate surface area is 246 Å². The monoisotopic (exact) mass is 640 g/mol. The summed E-state index contributed by atoms with van der Waals surface area (Å²) in [4.78, 5) is 42.9. The van der Waals surface area contributed by atoms with Crippen molar-refractivity contribution in [3.63, 3.8) is 0 Å². The number of amides is 2. The van der Waals surface area contributed by atoms with E-state index >= 15 is 0 Å². The van der Waals surface area contributed by atoms with Crippen molar-refractivity contribution in [2.75, 3.05) is 36.5 Å². The largest absolute Gasteiger partial charge is 0.481 e. The Morgan fingerprint density at radius 3 is 2.39 bits per heavy atom. The van der Waals surface area contributed by atoms with Gasteiger partial charge in [0.15, 0.2) is 0 Å². The lowest BCUT2D eigenvalue weighted by Crippen LogP contribution is -2.39. The molecule has 1 unspecified atom stereocenters. The molecule has 214 valence electrons. The minimum absolute atomic E-state index is 0.0364. The number of carbonyl (C=O) groups excluding carboxylic acids is 2. The molecule has 1 atom stereocenters. The first-order valence-electron chi connectivity index (χ1n) is 12.6. The maximum Gasteiger partial charge on any atom is 0.303 e. The maximum atomic E-state index is 13.3. The molecule has 0 aromatic heterocycles. The Balaban J connectivity index is 1.78. The van der Waals surface area contributed by atoms with Crippen LogP contribution in [0.1, 0.15) is 29.0 Å². The van der Waals surface area contributed by atoms with E-state index in [1.165, 1.54) is 4.90 Å². The zero-order valence-corrected chi connectivity index (χ0v) is 25.1. The SMILES string of the molecule is CN(C)C(=O)CN(c1ccc(N=C(c2cccc(CCC(=O)O)c2)C2C(=O)Nc3cc(Br)ccc32)cc1)S(C)(=O)=O. The molecule has 4 rings (SSSR count). The van der Waals surface area contributed by atoms with Crippen LogP contribution < -0.4 is 9.62 Å². The number of fused-ring (bicyclic) bond motifs is 1. The van der Waals surface area contributed by atoms with E-state index in [4.69, 9.17) is 10.1 Å². The highest BCUT2D eigenvalue weighted by Crippen LogP contribution is 2.38. The van der Waals surface area contributed by atoms with Crippen LogP contribution >= 0.6 is 15.9 Å². The summed E-state index contributed by atoms with van der Waals surface area (Å²) in [6.07, 6.45) is 1.32. The minimum atomic E-state index is -3.75. The summed E-state index contributed by atoms with van der Waals surface area (Å²) < 4.78 is 26.8. The highest BCUT2D eigenvalue weighted by molar-refractivity contribution is 9.10. The molecule has 1 aliphatic heterocycles. The van der Waals surface area contributed by atoms with E-state index in [2.05, 4.69) is 21.2 Å². The minimum Gasteiger partial charge on any atom is -0.481 e. The molecule has 0 aliphatic carbocycles. The topological polar surface area (TPSA) is 136 Å². The van der Waals surface area contributed by atoms with Gasteiger partial charge >= 0.3 is 5.97 Å². The summed E-state index contributed by atoms with van der Waals surface area (Å²) in [6, 6.07) is 19.1. The average molecular weight is 642 g/mol. The molecular weight excluding hydrogens is 612 g/mol. The first kappa shape index (κ1) is 29.9. The summed E-state index contributed by atoms with van der Waals surface area (Å²) in [5.41, 5.74) is 4.07. The molecule has 2 amide bonds. The number of aliphatic imine (C=N–C) groups is 1. The van der Waals surface area contributed by atoms with Gasteiger partial charge in [-0.05, 0) is 65.6 Å². The molecule has 1 heterocycles. The number of carboxylic acids is 1. The highest BCUT2D eigenvalue weighted by atomic mass is 79.9. The Hall–Kier alpha value is -4.03. The molecule has 0 fully saturated rings. The number of anilines is 2. The fraction of sp³-hybridized carbons (Fsp3) is 0.241. The molecule has 0 bridgehead atoms. The van der Waals surface area contributed by atoms with Gasteiger partial charge in [-0.2, -0.15) is 0 Å². The molecular formula is C29H29BrN4O6S. The number of nitrogens with one attached hydrogen (secondary N) is 1. The number of halogens is 1. The first-order chi connectivity index (χ1) is 19.3. The van der Waals surface area contributed by atoms with Crippen LogP contribution in [0.25, 0.3) is 0 Å². The number of aryl methyl sites for hydroxylation is 1. The number of likely N-dealkylation sites (N-methyl/N-ethyl adjacent to an activating group) is 1. The lowest BCUT2D eigenvalue weighted by molar-refractivity contribution is -0.137. The predicted molar refractivity (Wildman–Crippen MR) is 161 cm³/mol. The molecule has 1 aliphatic rings. The third kappa shape index (κ3) is 7.19. The van der Waals surface area contributed by atoms with Crippen molar-refractivity contribution < 1.29 is 27.9 Å². The van der Waals surface area contributed by atoms with Gasteiger partial charge in [0.25, 0.3) is 0 Å². The summed E-state index contributed by atoms with van der Waals surface area (Å²) in [6.45, 7) is -0.350. The van der Waals surface area contributed by atoms with Gasteiger partial charge in [0.1, 0.15) is 12.5 Å². The van der Waals surface area contributed by atoms with E-state index < -0.39 is 21.9 Å². The number of hydrogen-bond donors (Lipinski definition) is 2. The third-order valence-electron chi connectivity index (χ3n) is 6.54. The number of benzene rings is 3. The normalized spacial score (nSPS) is 14.8. The first-order valence-corrected chi connectivity index (χ1v) is 15.3. The second kappa shape index (κ2) is 12.2. The van der Waals surface area contributed by atoms with Crippen LogP contribution in [0.3, 0.4) is 0 Å². The van der Waals surface area contributed by atoms with Crippen molar-refractivity contribution in [2.24, 2.45) is 4.99 Å². The number of hydrogen-bond acceptors (Lipinski definition) is 6. The van der Waals surface area contributed by atoms with Crippen LogP contribution in [-0.4, -0.2) is 68.8 Å². The maximum absolute atomic E-state index is 13.3. The molecule has 3 aromatic carbocycles. The van der Waals surface area contributed by atoms with Crippen molar-refractivity contribution in [3.05, 3.63) is 87.9 Å². The average Bonchev–Trinajstić information content (AvgIpc) is 3.23. The Kier molecular flexibility index (Phi) is 8.93. The molecule has 0 saturated heterocycles. The summed E-state index contributed by atoms with van der Waals surface area (Å²) in [5.74, 6) is -2.28. The molecule has 2 N–H and O–H groups in total. The summed E-state index contributed by atoms with van der Waals surface area (Å²) in [7, 11) is -0.647. The van der Waals surface area contributed by atoms with Crippen LogP contribution in [0.15, 0.2) is 76.2 Å². The van der Waals surface area contributed by atoms with Gasteiger partial charge in [0.2, 0.25) is 21.8 Å². The van der Waals surface area contributed by atoms with Gasteiger partial charge in [-0.1, -0.05) is 40.2 Å². The third-order valence-corrected chi connectivity index (χ3v) is 8.17. The van der Waals surface area contributed by atoms with Gasteiger partial charge < -0.3 is 15.3 Å². The van der Waals surface area contributed by atoms with Gasteiger partial charge in [-0.15, -0.1) is 0 Å². The van der Waals surface area contributed by atoms with Crippen molar-refractivity contribution in [1.82, 2.24) is 4.90 Å².